The molecule has 1 N–H and O–H groups in total. The first-order chi connectivity index (χ1) is 13.1. The average molecular weight is 420 g/mol. The largest absolute Gasteiger partial charge is 0.480 e. The molecule has 0 bridgehead atoms. The number of thioether (sulfide) groups is 1. The molecule has 4 aromatic heterocycles. The van der Waals surface area contributed by atoms with Crippen molar-refractivity contribution in [1.82, 2.24) is 24.9 Å². The van der Waals surface area contributed by atoms with Crippen LogP contribution in [0.4, 0.5) is 0 Å². The van der Waals surface area contributed by atoms with Gasteiger partial charge in [0.15, 0.2) is 11.0 Å². The molecule has 4 heterocycles. The Kier molecular flexibility index (Phi) is 5.05. The second-order valence-electron chi connectivity index (χ2n) is 5.48. The van der Waals surface area contributed by atoms with Crippen molar-refractivity contribution in [3.8, 4) is 22.1 Å². The maximum absolute atomic E-state index is 11.6. The molecule has 0 spiro atoms. The molecule has 0 aliphatic rings. The van der Waals surface area contributed by atoms with Crippen LogP contribution in [0.1, 0.15) is 18.9 Å². The van der Waals surface area contributed by atoms with Crippen LogP contribution in [0.2, 0.25) is 0 Å². The molecule has 0 aliphatic carbocycles. The summed E-state index contributed by atoms with van der Waals surface area (Å²) < 4.78 is 6.91. The van der Waals surface area contributed by atoms with Gasteiger partial charge in [0.25, 0.3) is 0 Å². The fourth-order valence-corrected chi connectivity index (χ4v) is 4.55. The topological polar surface area (TPSA) is 107 Å². The lowest BCUT2D eigenvalue weighted by Gasteiger charge is -2.13. The number of thiophene rings is 2. The van der Waals surface area contributed by atoms with Crippen molar-refractivity contribution < 1.29 is 14.4 Å². The molecule has 0 saturated carbocycles. The Morgan fingerprint density at radius 3 is 2.96 bits per heavy atom. The van der Waals surface area contributed by atoms with Crippen molar-refractivity contribution in [2.45, 2.75) is 23.9 Å². The van der Waals surface area contributed by atoms with Crippen molar-refractivity contribution >= 4 is 40.4 Å². The molecule has 8 nitrogen and oxygen atoms in total. The van der Waals surface area contributed by atoms with Gasteiger partial charge in [0.05, 0.1) is 10.6 Å². The Hall–Kier alpha value is -2.50. The van der Waals surface area contributed by atoms with E-state index in [4.69, 9.17) is 4.52 Å². The Balaban J connectivity index is 1.58. The predicted octanol–water partition coefficient (Wildman–Crippen LogP) is 4.06. The van der Waals surface area contributed by atoms with Crippen LogP contribution in [0, 0.1) is 0 Å². The van der Waals surface area contributed by atoms with Gasteiger partial charge in [0.2, 0.25) is 11.7 Å². The highest BCUT2D eigenvalue weighted by molar-refractivity contribution is 7.98. The van der Waals surface area contributed by atoms with Crippen LogP contribution in [0.5, 0.6) is 0 Å². The maximum Gasteiger partial charge on any atom is 0.326 e. The smallest absolute Gasteiger partial charge is 0.326 e. The Morgan fingerprint density at radius 2 is 2.26 bits per heavy atom. The highest BCUT2D eigenvalue weighted by atomic mass is 32.2. The molecular weight excluding hydrogens is 406 g/mol. The molecular formula is C16H13N5O3S3. The summed E-state index contributed by atoms with van der Waals surface area (Å²) in [5.74, 6) is 0.924. The number of aliphatic carboxylic acids is 1. The molecule has 0 aliphatic heterocycles. The maximum atomic E-state index is 11.6. The third-order valence-corrected chi connectivity index (χ3v) is 6.20. The fraction of sp³-hybridized carbons (Fsp3) is 0.188. The summed E-state index contributed by atoms with van der Waals surface area (Å²) in [5, 5.41) is 28.1. The minimum absolute atomic E-state index is 0.367. The van der Waals surface area contributed by atoms with Crippen LogP contribution in [0.15, 0.2) is 44.0 Å². The molecule has 0 amide bonds. The van der Waals surface area contributed by atoms with E-state index >= 15 is 0 Å². The van der Waals surface area contributed by atoms with Gasteiger partial charge in [-0.2, -0.15) is 16.3 Å². The number of carboxylic acids is 1. The van der Waals surface area contributed by atoms with Crippen LogP contribution in [0.3, 0.4) is 0 Å². The summed E-state index contributed by atoms with van der Waals surface area (Å²) >= 11 is 4.36. The second kappa shape index (κ2) is 7.62. The van der Waals surface area contributed by atoms with E-state index in [0.29, 0.717) is 28.4 Å². The monoisotopic (exact) mass is 419 g/mol. The molecule has 4 aromatic rings. The lowest BCUT2D eigenvalue weighted by atomic mass is 10.3. The standard InChI is InChI=1S/C16H13N5O3S3/c1-9(15(22)23)21-14(11-3-2-5-26-11)18-19-16(21)27-8-12-17-13(20-24-12)10-4-6-25-7-10/h2-7,9H,8H2,1H3,(H,22,23)/t9-/m0/s1. The second-order valence-corrected chi connectivity index (χ2v) is 8.15. The van der Waals surface area contributed by atoms with Crippen molar-refractivity contribution in [3.63, 3.8) is 0 Å². The summed E-state index contributed by atoms with van der Waals surface area (Å²) in [7, 11) is 0. The minimum Gasteiger partial charge on any atom is -0.480 e. The quantitative estimate of drug-likeness (QED) is 0.447. The summed E-state index contributed by atoms with van der Waals surface area (Å²) in [5.41, 5.74) is 0.905. The Bertz CT molecular complexity index is 1040. The molecule has 27 heavy (non-hydrogen) atoms. The molecule has 0 saturated heterocycles. The zero-order valence-corrected chi connectivity index (χ0v) is 16.4. The molecule has 1 atom stereocenters. The van der Waals surface area contributed by atoms with Gasteiger partial charge in [-0.25, -0.2) is 4.79 Å². The molecule has 0 aromatic carbocycles. The van der Waals surface area contributed by atoms with Gasteiger partial charge < -0.3 is 9.63 Å². The number of rotatable bonds is 7. The van der Waals surface area contributed by atoms with Gasteiger partial charge in [0, 0.05) is 10.9 Å². The molecule has 0 radical (unpaired) electrons. The van der Waals surface area contributed by atoms with Crippen LogP contribution >= 0.6 is 34.4 Å². The highest BCUT2D eigenvalue weighted by Gasteiger charge is 2.24. The Morgan fingerprint density at radius 1 is 1.37 bits per heavy atom. The van der Waals surface area contributed by atoms with Gasteiger partial charge in [-0.15, -0.1) is 21.5 Å². The summed E-state index contributed by atoms with van der Waals surface area (Å²) in [4.78, 5) is 16.8. The number of hydrogen-bond donors (Lipinski definition) is 1. The zero-order chi connectivity index (χ0) is 18.8. The number of hydrogen-bond acceptors (Lipinski definition) is 9. The van der Waals surface area contributed by atoms with E-state index in [1.165, 1.54) is 23.1 Å². The van der Waals surface area contributed by atoms with Crippen LogP contribution < -0.4 is 0 Å². The predicted molar refractivity (Wildman–Crippen MR) is 103 cm³/mol. The molecule has 11 heteroatoms. The highest BCUT2D eigenvalue weighted by Crippen LogP contribution is 2.32. The minimum atomic E-state index is -0.952. The van der Waals surface area contributed by atoms with Crippen molar-refractivity contribution in [3.05, 3.63) is 40.2 Å². The van der Waals surface area contributed by atoms with E-state index in [1.807, 2.05) is 34.3 Å². The van der Waals surface area contributed by atoms with E-state index in [0.717, 1.165) is 10.4 Å². The van der Waals surface area contributed by atoms with E-state index in [-0.39, 0.29) is 0 Å². The van der Waals surface area contributed by atoms with Crippen molar-refractivity contribution in [1.29, 1.82) is 0 Å². The van der Waals surface area contributed by atoms with Gasteiger partial charge in [0.1, 0.15) is 6.04 Å². The average Bonchev–Trinajstić information content (AvgIpc) is 3.46. The van der Waals surface area contributed by atoms with Gasteiger partial charge in [-0.05, 0) is 29.8 Å². The fourth-order valence-electron chi connectivity index (χ4n) is 2.36. The number of aromatic nitrogens is 5. The first-order valence-corrected chi connectivity index (χ1v) is 10.6. The zero-order valence-electron chi connectivity index (χ0n) is 14.0. The normalized spacial score (nSPS) is 12.3. The first kappa shape index (κ1) is 17.9. The van der Waals surface area contributed by atoms with Crippen LogP contribution in [-0.4, -0.2) is 36.0 Å². The number of carbonyl (C=O) groups is 1. The van der Waals surface area contributed by atoms with Crippen LogP contribution in [0.25, 0.3) is 22.1 Å². The molecule has 0 fully saturated rings. The summed E-state index contributed by atoms with van der Waals surface area (Å²) in [6.45, 7) is 1.61. The lowest BCUT2D eigenvalue weighted by molar-refractivity contribution is -0.140. The van der Waals surface area contributed by atoms with Crippen LogP contribution in [-0.2, 0) is 10.5 Å². The van der Waals surface area contributed by atoms with E-state index in [9.17, 15) is 9.90 Å². The van der Waals surface area contributed by atoms with E-state index in [1.54, 1.807) is 22.8 Å². The molecule has 0 unspecified atom stereocenters. The third-order valence-electron chi connectivity index (χ3n) is 3.72. The van der Waals surface area contributed by atoms with E-state index in [2.05, 4.69) is 20.3 Å². The van der Waals surface area contributed by atoms with Gasteiger partial charge in [-0.1, -0.05) is 23.0 Å². The molecule has 138 valence electrons. The van der Waals surface area contributed by atoms with E-state index < -0.39 is 12.0 Å². The van der Waals surface area contributed by atoms with Gasteiger partial charge in [-0.3, -0.25) is 4.57 Å². The lowest BCUT2D eigenvalue weighted by Crippen LogP contribution is -2.17. The number of carboxylic acid groups (broad SMARTS) is 1. The summed E-state index contributed by atoms with van der Waals surface area (Å²) in [6, 6.07) is 4.90. The van der Waals surface area contributed by atoms with Crippen molar-refractivity contribution in [2.24, 2.45) is 0 Å². The Labute approximate surface area is 165 Å². The number of nitrogens with zero attached hydrogens (tertiary/aromatic N) is 5. The van der Waals surface area contributed by atoms with Crippen molar-refractivity contribution in [2.75, 3.05) is 0 Å². The SMILES string of the molecule is C[C@@H](C(=O)O)n1c(SCc2nc(-c3ccsc3)no2)nnc1-c1cccs1. The first-order valence-electron chi connectivity index (χ1n) is 7.83. The third kappa shape index (κ3) is 3.66. The van der Waals surface area contributed by atoms with Gasteiger partial charge >= 0.3 is 5.97 Å². The summed E-state index contributed by atoms with van der Waals surface area (Å²) in [6.07, 6.45) is 0. The molecule has 4 rings (SSSR count).